The maximum Gasteiger partial charge on any atom is 0.324 e. The number of urea groups is 1. The molecule has 2 aliphatic heterocycles. The second-order valence-corrected chi connectivity index (χ2v) is 4.94. The summed E-state index contributed by atoms with van der Waals surface area (Å²) in [5, 5.41) is 4.96. The number of hydrogen-bond donors (Lipinski definition) is 2. The lowest BCUT2D eigenvalue weighted by Crippen LogP contribution is -2.50. The van der Waals surface area contributed by atoms with Gasteiger partial charge in [0.1, 0.15) is 0 Å². The molecule has 20 heavy (non-hydrogen) atoms. The van der Waals surface area contributed by atoms with Gasteiger partial charge in [0.05, 0.1) is 13.1 Å². The van der Waals surface area contributed by atoms with Crippen LogP contribution in [-0.4, -0.2) is 65.8 Å². The van der Waals surface area contributed by atoms with E-state index in [2.05, 4.69) is 10.6 Å². The van der Waals surface area contributed by atoms with E-state index >= 15 is 0 Å². The minimum atomic E-state index is -0.349. The Balaban J connectivity index is 1.83. The molecule has 2 fully saturated rings. The lowest BCUT2D eigenvalue weighted by molar-refractivity contribution is -0.134. The number of likely N-dealkylation sites (tertiary alicyclic amines) is 1. The van der Waals surface area contributed by atoms with E-state index in [0.717, 1.165) is 0 Å². The third-order valence-electron chi connectivity index (χ3n) is 3.55. The summed E-state index contributed by atoms with van der Waals surface area (Å²) in [6.07, 6.45) is 1.15. The lowest BCUT2D eigenvalue weighted by Gasteiger charge is -2.35. The van der Waals surface area contributed by atoms with Gasteiger partial charge >= 0.3 is 6.03 Å². The Labute approximate surface area is 116 Å². The van der Waals surface area contributed by atoms with Crippen molar-refractivity contribution in [3.05, 3.63) is 0 Å². The normalized spacial score (nSPS) is 20.1. The molecule has 2 N–H and O–H groups in total. The lowest BCUT2D eigenvalue weighted by atomic mass is 10.0. The van der Waals surface area contributed by atoms with Crippen LogP contribution >= 0.6 is 0 Å². The molecule has 8 heteroatoms. The van der Waals surface area contributed by atoms with Crippen molar-refractivity contribution < 1.29 is 19.2 Å². The maximum absolute atomic E-state index is 11.8. The van der Waals surface area contributed by atoms with Crippen molar-refractivity contribution >= 4 is 23.8 Å². The number of hydrogen-bond acceptors (Lipinski definition) is 4. The first-order valence-corrected chi connectivity index (χ1v) is 6.61. The zero-order chi connectivity index (χ0) is 14.7. The fraction of sp³-hybridized carbons (Fsp3) is 0.667. The monoisotopic (exact) mass is 282 g/mol. The summed E-state index contributed by atoms with van der Waals surface area (Å²) in [4.78, 5) is 48.6. The fourth-order valence-corrected chi connectivity index (χ4v) is 2.49. The average molecular weight is 282 g/mol. The van der Waals surface area contributed by atoms with Gasteiger partial charge < -0.3 is 15.5 Å². The van der Waals surface area contributed by atoms with Crippen molar-refractivity contribution in [2.24, 2.45) is 0 Å². The van der Waals surface area contributed by atoms with Gasteiger partial charge in [-0.3, -0.25) is 19.3 Å². The molecule has 0 aromatic rings. The molecule has 0 unspecified atom stereocenters. The van der Waals surface area contributed by atoms with Crippen LogP contribution in [-0.2, 0) is 14.4 Å². The second kappa shape index (κ2) is 5.89. The van der Waals surface area contributed by atoms with E-state index in [9.17, 15) is 19.2 Å². The van der Waals surface area contributed by atoms with E-state index in [0.29, 0.717) is 25.9 Å². The Morgan fingerprint density at radius 1 is 1.30 bits per heavy atom. The SMILES string of the molecule is CC(=O)NCC(=O)N1CCC(N2C(=O)CNC2=O)CC1. The molecule has 0 saturated carbocycles. The predicted octanol–water partition coefficient (Wildman–Crippen LogP) is -1.33. The van der Waals surface area contributed by atoms with Crippen molar-refractivity contribution in [1.82, 2.24) is 20.4 Å². The molecule has 0 aliphatic carbocycles. The summed E-state index contributed by atoms with van der Waals surface area (Å²) in [5.41, 5.74) is 0. The number of carbonyl (C=O) groups excluding carboxylic acids is 4. The van der Waals surface area contributed by atoms with E-state index in [-0.39, 0.29) is 42.9 Å². The Hall–Kier alpha value is -2.12. The highest BCUT2D eigenvalue weighted by molar-refractivity contribution is 6.02. The fourth-order valence-electron chi connectivity index (χ4n) is 2.49. The molecule has 2 saturated heterocycles. The molecule has 2 rings (SSSR count). The summed E-state index contributed by atoms with van der Waals surface area (Å²) in [6.45, 7) is 2.38. The van der Waals surface area contributed by atoms with Gasteiger partial charge in [-0.1, -0.05) is 0 Å². The molecular weight excluding hydrogens is 264 g/mol. The number of nitrogens with one attached hydrogen (secondary N) is 2. The summed E-state index contributed by atoms with van der Waals surface area (Å²) >= 11 is 0. The van der Waals surface area contributed by atoms with Crippen LogP contribution in [0.4, 0.5) is 4.79 Å². The molecule has 0 spiro atoms. The van der Waals surface area contributed by atoms with Crippen LogP contribution < -0.4 is 10.6 Å². The number of rotatable bonds is 3. The largest absolute Gasteiger partial charge is 0.347 e. The number of amides is 5. The topological polar surface area (TPSA) is 98.8 Å². The molecule has 0 atom stereocenters. The molecule has 8 nitrogen and oxygen atoms in total. The molecule has 110 valence electrons. The van der Waals surface area contributed by atoms with Crippen molar-refractivity contribution in [2.45, 2.75) is 25.8 Å². The van der Waals surface area contributed by atoms with Gasteiger partial charge in [-0.2, -0.15) is 0 Å². The summed E-state index contributed by atoms with van der Waals surface area (Å²) in [7, 11) is 0. The highest BCUT2D eigenvalue weighted by Crippen LogP contribution is 2.18. The first-order chi connectivity index (χ1) is 9.49. The van der Waals surface area contributed by atoms with Crippen molar-refractivity contribution in [3.63, 3.8) is 0 Å². The van der Waals surface area contributed by atoms with Gasteiger partial charge in [-0.15, -0.1) is 0 Å². The summed E-state index contributed by atoms with van der Waals surface area (Å²) in [6, 6.07) is -0.493. The first kappa shape index (κ1) is 14.3. The van der Waals surface area contributed by atoms with E-state index < -0.39 is 0 Å². The van der Waals surface area contributed by atoms with Crippen LogP contribution in [0.1, 0.15) is 19.8 Å². The second-order valence-electron chi connectivity index (χ2n) is 4.94. The molecule has 0 radical (unpaired) electrons. The molecule has 0 aromatic heterocycles. The highest BCUT2D eigenvalue weighted by Gasteiger charge is 2.37. The van der Waals surface area contributed by atoms with Crippen LogP contribution in [0.25, 0.3) is 0 Å². The van der Waals surface area contributed by atoms with Gasteiger partial charge in [-0.25, -0.2) is 4.79 Å². The van der Waals surface area contributed by atoms with Crippen molar-refractivity contribution in [2.75, 3.05) is 26.2 Å². The van der Waals surface area contributed by atoms with Gasteiger partial charge in [0, 0.05) is 26.1 Å². The van der Waals surface area contributed by atoms with Gasteiger partial charge in [-0.05, 0) is 12.8 Å². The van der Waals surface area contributed by atoms with Crippen LogP contribution in [0, 0.1) is 0 Å². The van der Waals surface area contributed by atoms with Crippen molar-refractivity contribution in [3.8, 4) is 0 Å². The third kappa shape index (κ3) is 3.06. The van der Waals surface area contributed by atoms with Gasteiger partial charge in [0.15, 0.2) is 0 Å². The zero-order valence-corrected chi connectivity index (χ0v) is 11.3. The van der Waals surface area contributed by atoms with Crippen LogP contribution in [0.2, 0.25) is 0 Å². The van der Waals surface area contributed by atoms with E-state index in [1.54, 1.807) is 4.90 Å². The zero-order valence-electron chi connectivity index (χ0n) is 11.3. The molecule has 0 aromatic carbocycles. The quantitative estimate of drug-likeness (QED) is 0.626. The van der Waals surface area contributed by atoms with E-state index in [1.807, 2.05) is 0 Å². The Bertz CT molecular complexity index is 427. The number of imide groups is 1. The molecule has 2 aliphatic rings. The molecular formula is C12H18N4O4. The average Bonchev–Trinajstić information content (AvgIpc) is 2.76. The Morgan fingerprint density at radius 3 is 2.45 bits per heavy atom. The smallest absolute Gasteiger partial charge is 0.324 e. The number of carbonyl (C=O) groups is 4. The van der Waals surface area contributed by atoms with Crippen LogP contribution in [0.15, 0.2) is 0 Å². The first-order valence-electron chi connectivity index (χ1n) is 6.61. The van der Waals surface area contributed by atoms with Crippen molar-refractivity contribution in [1.29, 1.82) is 0 Å². The van der Waals surface area contributed by atoms with E-state index in [1.165, 1.54) is 11.8 Å². The van der Waals surface area contributed by atoms with E-state index in [4.69, 9.17) is 0 Å². The number of piperidine rings is 1. The van der Waals surface area contributed by atoms with Gasteiger partial charge in [0.2, 0.25) is 17.7 Å². The summed E-state index contributed by atoms with van der Waals surface area (Å²) < 4.78 is 0. The van der Waals surface area contributed by atoms with Crippen LogP contribution in [0.5, 0.6) is 0 Å². The Morgan fingerprint density at radius 2 is 1.95 bits per heavy atom. The molecule has 2 heterocycles. The maximum atomic E-state index is 11.8. The minimum Gasteiger partial charge on any atom is -0.347 e. The van der Waals surface area contributed by atoms with Crippen LogP contribution in [0.3, 0.4) is 0 Å². The predicted molar refractivity (Wildman–Crippen MR) is 68.5 cm³/mol. The molecule has 0 bridgehead atoms. The third-order valence-corrected chi connectivity index (χ3v) is 3.55. The standard InChI is InChI=1S/C12H18N4O4/c1-8(17)13-6-10(18)15-4-2-9(3-5-15)16-11(19)7-14-12(16)20/h9H,2-7H2,1H3,(H,13,17)(H,14,20). The minimum absolute atomic E-state index is 0.0108. The summed E-state index contributed by atoms with van der Waals surface area (Å²) in [5.74, 6) is -0.596. The number of nitrogens with zero attached hydrogens (tertiary/aromatic N) is 2. The highest BCUT2D eigenvalue weighted by atomic mass is 16.2. The molecule has 5 amide bonds. The Kier molecular flexibility index (Phi) is 4.21. The van der Waals surface area contributed by atoms with Gasteiger partial charge in [0.25, 0.3) is 0 Å².